The number of carbonyl (C=O) groups is 1. The van der Waals surface area contributed by atoms with Crippen LogP contribution in [-0.2, 0) is 20.9 Å². The molecule has 0 aliphatic carbocycles. The van der Waals surface area contributed by atoms with E-state index in [2.05, 4.69) is 13.8 Å². The van der Waals surface area contributed by atoms with Crippen LogP contribution in [0.4, 0.5) is 0 Å². The molecular formula is C25H40O6. The molecule has 0 radical (unpaired) electrons. The Bertz CT molecular complexity index is 654. The maximum Gasteiger partial charge on any atom is 0.305 e. The fourth-order valence-electron chi connectivity index (χ4n) is 3.41. The van der Waals surface area contributed by atoms with Gasteiger partial charge in [0.05, 0.1) is 33.0 Å². The molecule has 1 aromatic rings. The van der Waals surface area contributed by atoms with Gasteiger partial charge in [0, 0.05) is 18.9 Å². The maximum absolute atomic E-state index is 11.5. The quantitative estimate of drug-likeness (QED) is 0.315. The standard InChI is InChI=1S/C25H40O6/c1-18(9-14-23(27)20(3)16-26)15-19(2)24(7-6-8-25(28)30-5)31-17-21-10-12-22(29-4)13-11-21/h9-13,19-20,23-24,26-27H,6-8,14-17H2,1-5H3/b18-9+/t19-,20-,23+,24-/m0/s1. The Morgan fingerprint density at radius 2 is 1.81 bits per heavy atom. The summed E-state index contributed by atoms with van der Waals surface area (Å²) in [5.41, 5.74) is 2.25. The van der Waals surface area contributed by atoms with Gasteiger partial charge in [-0.15, -0.1) is 0 Å². The Hall–Kier alpha value is -1.89. The topological polar surface area (TPSA) is 85.2 Å². The lowest BCUT2D eigenvalue weighted by molar-refractivity contribution is -0.140. The van der Waals surface area contributed by atoms with Crippen molar-refractivity contribution in [3.8, 4) is 5.75 Å². The molecular weight excluding hydrogens is 396 g/mol. The molecule has 0 spiro atoms. The minimum atomic E-state index is -0.544. The molecule has 6 heteroatoms. The van der Waals surface area contributed by atoms with E-state index in [9.17, 15) is 15.0 Å². The Morgan fingerprint density at radius 3 is 2.39 bits per heavy atom. The Morgan fingerprint density at radius 1 is 1.13 bits per heavy atom. The van der Waals surface area contributed by atoms with Crippen LogP contribution < -0.4 is 4.74 Å². The van der Waals surface area contributed by atoms with Crippen LogP contribution in [0, 0.1) is 11.8 Å². The van der Waals surface area contributed by atoms with Gasteiger partial charge in [0.25, 0.3) is 0 Å². The lowest BCUT2D eigenvalue weighted by Crippen LogP contribution is -2.23. The SMILES string of the molecule is COC(=O)CCC[C@H](OCc1ccc(OC)cc1)[C@@H](C)C/C(C)=C/C[C@@H](O)[C@@H](C)CO. The average molecular weight is 437 g/mol. The highest BCUT2D eigenvalue weighted by molar-refractivity contribution is 5.68. The molecule has 0 amide bonds. The first-order valence-corrected chi connectivity index (χ1v) is 11.1. The Kier molecular flexibility index (Phi) is 13.1. The monoisotopic (exact) mass is 436 g/mol. The summed E-state index contributed by atoms with van der Waals surface area (Å²) in [6, 6.07) is 7.81. The molecule has 0 aromatic heterocycles. The van der Waals surface area contributed by atoms with Gasteiger partial charge in [-0.3, -0.25) is 4.79 Å². The second kappa shape index (κ2) is 15.0. The van der Waals surface area contributed by atoms with Crippen molar-refractivity contribution >= 4 is 5.97 Å². The number of esters is 1. The highest BCUT2D eigenvalue weighted by Gasteiger charge is 2.20. The molecule has 1 aromatic carbocycles. The van der Waals surface area contributed by atoms with E-state index in [-0.39, 0.29) is 30.5 Å². The fourth-order valence-corrected chi connectivity index (χ4v) is 3.41. The molecule has 6 nitrogen and oxygen atoms in total. The molecule has 176 valence electrons. The van der Waals surface area contributed by atoms with E-state index in [0.717, 1.165) is 24.2 Å². The maximum atomic E-state index is 11.5. The van der Waals surface area contributed by atoms with Crippen LogP contribution in [0.1, 0.15) is 58.4 Å². The first-order valence-electron chi connectivity index (χ1n) is 11.1. The summed E-state index contributed by atoms with van der Waals surface area (Å²) in [6.07, 6.45) is 4.72. The summed E-state index contributed by atoms with van der Waals surface area (Å²) in [5, 5.41) is 19.2. The number of carbonyl (C=O) groups excluding carboxylic acids is 1. The number of aliphatic hydroxyl groups excluding tert-OH is 2. The van der Waals surface area contributed by atoms with Crippen molar-refractivity contribution in [2.24, 2.45) is 11.8 Å². The van der Waals surface area contributed by atoms with Gasteiger partial charge in [-0.2, -0.15) is 0 Å². The Labute approximate surface area is 187 Å². The van der Waals surface area contributed by atoms with Gasteiger partial charge in [-0.05, 0) is 56.2 Å². The van der Waals surface area contributed by atoms with Gasteiger partial charge in [-0.25, -0.2) is 0 Å². The number of ether oxygens (including phenoxy) is 3. The molecule has 0 heterocycles. The van der Waals surface area contributed by atoms with Crippen molar-refractivity contribution in [1.29, 1.82) is 0 Å². The minimum Gasteiger partial charge on any atom is -0.497 e. The predicted molar refractivity (Wildman–Crippen MR) is 122 cm³/mol. The number of hydrogen-bond acceptors (Lipinski definition) is 6. The summed E-state index contributed by atoms with van der Waals surface area (Å²) < 4.78 is 16.2. The van der Waals surface area contributed by atoms with Crippen LogP contribution in [0.3, 0.4) is 0 Å². The van der Waals surface area contributed by atoms with Crippen molar-refractivity contribution in [3.05, 3.63) is 41.5 Å². The van der Waals surface area contributed by atoms with Crippen LogP contribution in [0.25, 0.3) is 0 Å². The smallest absolute Gasteiger partial charge is 0.305 e. The van der Waals surface area contributed by atoms with Gasteiger partial charge < -0.3 is 24.4 Å². The van der Waals surface area contributed by atoms with Crippen molar-refractivity contribution < 1.29 is 29.2 Å². The van der Waals surface area contributed by atoms with E-state index >= 15 is 0 Å². The third-order valence-electron chi connectivity index (χ3n) is 5.65. The molecule has 0 aliphatic heterocycles. The van der Waals surface area contributed by atoms with Gasteiger partial charge in [0.15, 0.2) is 0 Å². The van der Waals surface area contributed by atoms with Gasteiger partial charge in [0.2, 0.25) is 0 Å². The number of allylic oxidation sites excluding steroid dienone is 1. The third kappa shape index (κ3) is 10.8. The van der Waals surface area contributed by atoms with Crippen molar-refractivity contribution in [2.45, 2.75) is 71.7 Å². The van der Waals surface area contributed by atoms with E-state index in [1.807, 2.05) is 37.3 Å². The average Bonchev–Trinajstić information content (AvgIpc) is 2.78. The predicted octanol–water partition coefficient (Wildman–Crippen LogP) is 4.28. The van der Waals surface area contributed by atoms with Gasteiger partial charge >= 0.3 is 5.97 Å². The van der Waals surface area contributed by atoms with E-state index in [1.165, 1.54) is 12.7 Å². The second-order valence-electron chi connectivity index (χ2n) is 8.36. The summed E-state index contributed by atoms with van der Waals surface area (Å²) in [5.74, 6) is 0.717. The zero-order valence-electron chi connectivity index (χ0n) is 19.7. The first kappa shape index (κ1) is 27.1. The van der Waals surface area contributed by atoms with E-state index in [0.29, 0.717) is 25.9 Å². The van der Waals surface area contributed by atoms with Gasteiger partial charge in [0.1, 0.15) is 5.75 Å². The largest absolute Gasteiger partial charge is 0.497 e. The molecule has 0 bridgehead atoms. The molecule has 31 heavy (non-hydrogen) atoms. The van der Waals surface area contributed by atoms with Crippen molar-refractivity contribution in [2.75, 3.05) is 20.8 Å². The zero-order valence-corrected chi connectivity index (χ0v) is 19.7. The summed E-state index contributed by atoms with van der Waals surface area (Å²) >= 11 is 0. The fraction of sp³-hybridized carbons (Fsp3) is 0.640. The van der Waals surface area contributed by atoms with Gasteiger partial charge in [-0.1, -0.05) is 37.6 Å². The molecule has 4 atom stereocenters. The number of benzene rings is 1. The number of aliphatic hydroxyl groups is 2. The number of hydrogen-bond donors (Lipinski definition) is 2. The number of rotatable bonds is 15. The van der Waals surface area contributed by atoms with Crippen LogP contribution in [-0.4, -0.2) is 49.2 Å². The van der Waals surface area contributed by atoms with Crippen LogP contribution in [0.15, 0.2) is 35.9 Å². The minimum absolute atomic E-state index is 0.00334. The summed E-state index contributed by atoms with van der Waals surface area (Å²) in [7, 11) is 3.05. The second-order valence-corrected chi connectivity index (χ2v) is 8.36. The highest BCUT2D eigenvalue weighted by Crippen LogP contribution is 2.24. The highest BCUT2D eigenvalue weighted by atomic mass is 16.5. The lowest BCUT2D eigenvalue weighted by atomic mass is 9.91. The molecule has 0 saturated carbocycles. The van der Waals surface area contributed by atoms with Crippen LogP contribution in [0.5, 0.6) is 5.75 Å². The lowest BCUT2D eigenvalue weighted by Gasteiger charge is -2.25. The molecule has 0 aliphatic rings. The molecule has 1 rings (SSSR count). The molecule has 0 unspecified atom stereocenters. The summed E-state index contributed by atoms with van der Waals surface area (Å²) in [4.78, 5) is 11.5. The van der Waals surface area contributed by atoms with E-state index in [1.54, 1.807) is 7.11 Å². The third-order valence-corrected chi connectivity index (χ3v) is 5.65. The first-order chi connectivity index (χ1) is 14.8. The Balaban J connectivity index is 2.69. The van der Waals surface area contributed by atoms with Crippen molar-refractivity contribution in [1.82, 2.24) is 0 Å². The molecule has 0 saturated heterocycles. The molecule has 2 N–H and O–H groups in total. The van der Waals surface area contributed by atoms with Crippen molar-refractivity contribution in [3.63, 3.8) is 0 Å². The van der Waals surface area contributed by atoms with Crippen LogP contribution in [0.2, 0.25) is 0 Å². The number of methoxy groups -OCH3 is 2. The van der Waals surface area contributed by atoms with E-state index in [4.69, 9.17) is 14.2 Å². The molecule has 0 fully saturated rings. The van der Waals surface area contributed by atoms with Crippen LogP contribution >= 0.6 is 0 Å². The summed E-state index contributed by atoms with van der Waals surface area (Å²) in [6.45, 7) is 6.52. The van der Waals surface area contributed by atoms with E-state index < -0.39 is 6.10 Å². The zero-order chi connectivity index (χ0) is 23.2. The normalized spacial score (nSPS) is 15.8.